The van der Waals surface area contributed by atoms with Gasteiger partial charge in [0.15, 0.2) is 0 Å². The van der Waals surface area contributed by atoms with E-state index in [4.69, 9.17) is 0 Å². The molecule has 2 fully saturated rings. The molecule has 132 valence electrons. The van der Waals surface area contributed by atoms with Gasteiger partial charge >= 0.3 is 0 Å². The van der Waals surface area contributed by atoms with Gasteiger partial charge in [0.25, 0.3) is 0 Å². The summed E-state index contributed by atoms with van der Waals surface area (Å²) in [6, 6.07) is 8.32. The molecule has 1 aromatic heterocycles. The molecule has 2 heterocycles. The summed E-state index contributed by atoms with van der Waals surface area (Å²) >= 11 is 0. The lowest BCUT2D eigenvalue weighted by Crippen LogP contribution is -2.23. The van der Waals surface area contributed by atoms with Gasteiger partial charge in [-0.05, 0) is 55.0 Å². The molecular weight excluding hydrogens is 312 g/mol. The Morgan fingerprint density at radius 3 is 2.48 bits per heavy atom. The Morgan fingerprint density at radius 1 is 1.12 bits per heavy atom. The summed E-state index contributed by atoms with van der Waals surface area (Å²) in [4.78, 5) is 14.9. The molecule has 0 radical (unpaired) electrons. The van der Waals surface area contributed by atoms with Crippen LogP contribution in [0.4, 0.5) is 11.4 Å². The molecule has 5 heteroatoms. The van der Waals surface area contributed by atoms with Crippen molar-refractivity contribution in [3.63, 3.8) is 0 Å². The number of hydrogen-bond acceptors (Lipinski definition) is 3. The number of carbonyl (C=O) groups is 1. The molecule has 25 heavy (non-hydrogen) atoms. The lowest BCUT2D eigenvalue weighted by molar-refractivity contribution is -0.117. The van der Waals surface area contributed by atoms with E-state index >= 15 is 0 Å². The quantitative estimate of drug-likeness (QED) is 0.927. The molecule has 0 bridgehead atoms. The van der Waals surface area contributed by atoms with E-state index in [0.29, 0.717) is 5.92 Å². The fraction of sp³-hybridized carbons (Fsp3) is 0.500. The van der Waals surface area contributed by atoms with Crippen LogP contribution in [-0.4, -0.2) is 28.8 Å². The topological polar surface area (TPSA) is 50.2 Å². The first-order chi connectivity index (χ1) is 12.2. The van der Waals surface area contributed by atoms with Crippen molar-refractivity contribution < 1.29 is 4.79 Å². The van der Waals surface area contributed by atoms with Crippen molar-refractivity contribution in [2.45, 2.75) is 38.0 Å². The first kappa shape index (κ1) is 16.2. The Bertz CT molecular complexity index is 728. The molecule has 2 unspecified atom stereocenters. The van der Waals surface area contributed by atoms with Gasteiger partial charge in [0.05, 0.1) is 6.20 Å². The minimum absolute atomic E-state index is 0.0782. The van der Waals surface area contributed by atoms with Crippen LogP contribution in [0.2, 0.25) is 0 Å². The van der Waals surface area contributed by atoms with Gasteiger partial charge in [-0.1, -0.05) is 12.8 Å². The van der Waals surface area contributed by atoms with Crippen molar-refractivity contribution in [1.29, 1.82) is 0 Å². The maximum atomic E-state index is 12.4. The number of rotatable bonds is 4. The van der Waals surface area contributed by atoms with E-state index in [1.165, 1.54) is 36.9 Å². The molecule has 1 amide bonds. The molecule has 1 aliphatic carbocycles. The third-order valence-corrected chi connectivity index (χ3v) is 5.39. The molecular formula is C20H26N4O. The molecule has 5 nitrogen and oxygen atoms in total. The predicted octanol–water partition coefficient (Wildman–Crippen LogP) is 3.54. The van der Waals surface area contributed by atoms with Crippen LogP contribution in [0.15, 0.2) is 36.7 Å². The number of hydrogen-bond donors (Lipinski definition) is 1. The maximum absolute atomic E-state index is 12.4. The number of amides is 1. The number of nitrogens with one attached hydrogen (secondary N) is 1. The summed E-state index contributed by atoms with van der Waals surface area (Å²) in [6.07, 6.45) is 10.0. The van der Waals surface area contributed by atoms with Crippen molar-refractivity contribution in [3.05, 3.63) is 42.2 Å². The number of nitrogens with zero attached hydrogens (tertiary/aromatic N) is 3. The molecule has 2 aliphatic rings. The highest BCUT2D eigenvalue weighted by Crippen LogP contribution is 2.47. The Labute approximate surface area is 149 Å². The largest absolute Gasteiger partial charge is 0.372 e. The summed E-state index contributed by atoms with van der Waals surface area (Å²) in [5.74, 6) is 0.524. The summed E-state index contributed by atoms with van der Waals surface area (Å²) in [5, 5.41) is 7.26. The summed E-state index contributed by atoms with van der Waals surface area (Å²) in [5.41, 5.74) is 3.32. The third-order valence-electron chi connectivity index (χ3n) is 5.39. The van der Waals surface area contributed by atoms with Crippen LogP contribution in [-0.2, 0) is 11.8 Å². The zero-order chi connectivity index (χ0) is 17.2. The number of carbonyl (C=O) groups excluding carboxylic acids is 1. The van der Waals surface area contributed by atoms with E-state index in [0.717, 1.165) is 25.2 Å². The van der Waals surface area contributed by atoms with Gasteiger partial charge in [-0.2, -0.15) is 5.10 Å². The molecule has 1 N–H and O–H groups in total. The minimum atomic E-state index is 0.0782. The maximum Gasteiger partial charge on any atom is 0.228 e. The minimum Gasteiger partial charge on any atom is -0.372 e. The third kappa shape index (κ3) is 3.70. The highest BCUT2D eigenvalue weighted by atomic mass is 16.2. The summed E-state index contributed by atoms with van der Waals surface area (Å²) < 4.78 is 1.80. The molecule has 1 aromatic carbocycles. The van der Waals surface area contributed by atoms with E-state index in [9.17, 15) is 4.79 Å². The number of aryl methyl sites for hydroxylation is 1. The number of aromatic nitrogens is 2. The molecule has 0 spiro atoms. The van der Waals surface area contributed by atoms with Crippen molar-refractivity contribution in [1.82, 2.24) is 9.78 Å². The molecule has 4 rings (SSSR count). The first-order valence-corrected chi connectivity index (χ1v) is 9.35. The van der Waals surface area contributed by atoms with Crippen molar-refractivity contribution in [2.75, 3.05) is 23.3 Å². The Morgan fingerprint density at radius 2 is 1.84 bits per heavy atom. The SMILES string of the molecule is Cn1cc(C2CC2C(=O)Nc2ccc(N3CCCCCC3)cc2)cn1. The second-order valence-corrected chi connectivity index (χ2v) is 7.33. The Balaban J connectivity index is 1.34. The van der Waals surface area contributed by atoms with Gasteiger partial charge < -0.3 is 10.2 Å². The molecule has 1 aliphatic heterocycles. The highest BCUT2D eigenvalue weighted by molar-refractivity contribution is 5.95. The van der Waals surface area contributed by atoms with Crippen LogP contribution in [0.3, 0.4) is 0 Å². The zero-order valence-corrected chi connectivity index (χ0v) is 14.8. The zero-order valence-electron chi connectivity index (χ0n) is 14.8. The first-order valence-electron chi connectivity index (χ1n) is 9.35. The number of benzene rings is 1. The van der Waals surface area contributed by atoms with Crippen LogP contribution in [0.1, 0.15) is 43.6 Å². The van der Waals surface area contributed by atoms with Gasteiger partial charge in [0, 0.05) is 43.6 Å². The Hall–Kier alpha value is -2.30. The van der Waals surface area contributed by atoms with E-state index in [2.05, 4.69) is 27.4 Å². The average Bonchev–Trinajstić information content (AvgIpc) is 3.37. The normalized spacial score (nSPS) is 23.2. The molecule has 1 saturated carbocycles. The van der Waals surface area contributed by atoms with E-state index < -0.39 is 0 Å². The standard InChI is InChI=1S/C20H26N4O/c1-23-14-15(13-21-23)18-12-19(18)20(25)22-16-6-8-17(9-7-16)24-10-4-2-3-5-11-24/h6-9,13-14,18-19H,2-5,10-12H2,1H3,(H,22,25). The lowest BCUT2D eigenvalue weighted by atomic mass is 10.2. The van der Waals surface area contributed by atoms with Crippen LogP contribution in [0.25, 0.3) is 0 Å². The lowest BCUT2D eigenvalue weighted by Gasteiger charge is -2.22. The van der Waals surface area contributed by atoms with Gasteiger partial charge in [-0.15, -0.1) is 0 Å². The highest BCUT2D eigenvalue weighted by Gasteiger charge is 2.44. The summed E-state index contributed by atoms with van der Waals surface area (Å²) in [7, 11) is 1.91. The monoisotopic (exact) mass is 338 g/mol. The number of anilines is 2. The fourth-order valence-electron chi connectivity index (χ4n) is 3.80. The van der Waals surface area contributed by atoms with E-state index in [-0.39, 0.29) is 11.8 Å². The van der Waals surface area contributed by atoms with Crippen molar-refractivity contribution in [3.8, 4) is 0 Å². The smallest absolute Gasteiger partial charge is 0.228 e. The molecule has 2 aromatic rings. The predicted molar refractivity (Wildman–Crippen MR) is 99.8 cm³/mol. The van der Waals surface area contributed by atoms with Gasteiger partial charge in [-0.25, -0.2) is 0 Å². The van der Waals surface area contributed by atoms with Crippen LogP contribution in [0, 0.1) is 5.92 Å². The molecule has 1 saturated heterocycles. The second kappa shape index (κ2) is 6.90. The van der Waals surface area contributed by atoms with E-state index in [1.54, 1.807) is 4.68 Å². The van der Waals surface area contributed by atoms with Gasteiger partial charge in [0.1, 0.15) is 0 Å². The second-order valence-electron chi connectivity index (χ2n) is 7.33. The van der Waals surface area contributed by atoms with E-state index in [1.807, 2.05) is 31.6 Å². The van der Waals surface area contributed by atoms with Crippen LogP contribution in [0.5, 0.6) is 0 Å². The van der Waals surface area contributed by atoms with Gasteiger partial charge in [-0.3, -0.25) is 9.48 Å². The van der Waals surface area contributed by atoms with Crippen molar-refractivity contribution >= 4 is 17.3 Å². The van der Waals surface area contributed by atoms with Crippen LogP contribution < -0.4 is 10.2 Å². The fourth-order valence-corrected chi connectivity index (χ4v) is 3.80. The van der Waals surface area contributed by atoms with Crippen molar-refractivity contribution in [2.24, 2.45) is 13.0 Å². The van der Waals surface area contributed by atoms with Crippen LogP contribution >= 0.6 is 0 Å². The molecule has 2 atom stereocenters. The van der Waals surface area contributed by atoms with Gasteiger partial charge in [0.2, 0.25) is 5.91 Å². The Kier molecular flexibility index (Phi) is 4.47. The average molecular weight is 338 g/mol. The summed E-state index contributed by atoms with van der Waals surface area (Å²) in [6.45, 7) is 2.28.